The fraction of sp³-hybridized carbons (Fsp3) is 1.00. The van der Waals surface area contributed by atoms with Crippen LogP contribution < -0.4 is 0 Å². The zero-order chi connectivity index (χ0) is 24.1. The molecule has 200 valence electrons. The van der Waals surface area contributed by atoms with E-state index in [1.807, 2.05) is 0 Å². The molecule has 0 aromatic heterocycles. The highest BCUT2D eigenvalue weighted by Gasteiger charge is 2.09. The Morgan fingerprint density at radius 2 is 0.909 bits per heavy atom. The quantitative estimate of drug-likeness (QED) is 0.117. The molecule has 0 amide bonds. The van der Waals surface area contributed by atoms with Gasteiger partial charge in [-0.1, -0.05) is 110 Å². The van der Waals surface area contributed by atoms with Gasteiger partial charge in [0.25, 0.3) is 0 Å². The lowest BCUT2D eigenvalue weighted by Crippen LogP contribution is -2.27. The molecular formula is C28H58O5. The molecule has 1 unspecified atom stereocenters. The van der Waals surface area contributed by atoms with E-state index in [1.54, 1.807) is 0 Å². The Hall–Kier alpha value is -0.200. The zero-order valence-corrected chi connectivity index (χ0v) is 22.3. The number of hydrogen-bond donors (Lipinski definition) is 1. The number of ether oxygens (including phenoxy) is 4. The average molecular weight is 475 g/mol. The predicted octanol–water partition coefficient (Wildman–Crippen LogP) is 7.09. The molecule has 5 nitrogen and oxygen atoms in total. The third-order valence-electron chi connectivity index (χ3n) is 5.92. The van der Waals surface area contributed by atoms with Gasteiger partial charge in [0.1, 0.15) is 6.10 Å². The minimum atomic E-state index is -0.0103. The van der Waals surface area contributed by atoms with Gasteiger partial charge in [0.15, 0.2) is 0 Å². The van der Waals surface area contributed by atoms with E-state index in [1.165, 1.54) is 96.3 Å². The first kappa shape index (κ1) is 32.8. The van der Waals surface area contributed by atoms with Crippen molar-refractivity contribution in [3.63, 3.8) is 0 Å². The van der Waals surface area contributed by atoms with Crippen LogP contribution in [0.3, 0.4) is 0 Å². The molecule has 0 bridgehead atoms. The van der Waals surface area contributed by atoms with E-state index < -0.39 is 0 Å². The molecule has 0 saturated carbocycles. The smallest absolute Gasteiger partial charge is 0.104 e. The van der Waals surface area contributed by atoms with E-state index >= 15 is 0 Å². The Kier molecular flexibility index (Phi) is 29.7. The van der Waals surface area contributed by atoms with Crippen molar-refractivity contribution in [2.24, 2.45) is 0 Å². The van der Waals surface area contributed by atoms with Crippen LogP contribution in [0.1, 0.15) is 123 Å². The van der Waals surface area contributed by atoms with E-state index in [4.69, 9.17) is 24.1 Å². The van der Waals surface area contributed by atoms with Crippen LogP contribution in [0.25, 0.3) is 0 Å². The van der Waals surface area contributed by atoms with Gasteiger partial charge in [-0.3, -0.25) is 0 Å². The molecule has 1 N–H and O–H groups in total. The molecule has 33 heavy (non-hydrogen) atoms. The molecule has 5 heteroatoms. The van der Waals surface area contributed by atoms with Crippen molar-refractivity contribution in [3.8, 4) is 0 Å². The lowest BCUT2D eigenvalue weighted by atomic mass is 10.0. The second-order valence-corrected chi connectivity index (χ2v) is 9.28. The summed E-state index contributed by atoms with van der Waals surface area (Å²) in [5, 5.41) is 8.69. The summed E-state index contributed by atoms with van der Waals surface area (Å²) in [5.74, 6) is 0. The van der Waals surface area contributed by atoms with Crippen LogP contribution in [0, 0.1) is 0 Å². The number of aliphatic hydroxyl groups is 1. The fourth-order valence-electron chi connectivity index (χ4n) is 3.90. The maximum absolute atomic E-state index is 8.69. The Morgan fingerprint density at radius 1 is 0.455 bits per heavy atom. The Bertz CT molecular complexity index is 340. The molecule has 0 spiro atoms. The summed E-state index contributed by atoms with van der Waals surface area (Å²) in [4.78, 5) is 0. The Labute approximate surface area is 206 Å². The SMILES string of the molecule is CCCCCCCCCCCCCCCCCCOCC(COCCOCCO)OCCC. The average Bonchev–Trinajstić information content (AvgIpc) is 2.83. The maximum Gasteiger partial charge on any atom is 0.104 e. The minimum Gasteiger partial charge on any atom is -0.394 e. The van der Waals surface area contributed by atoms with E-state index in [-0.39, 0.29) is 12.7 Å². The zero-order valence-electron chi connectivity index (χ0n) is 22.3. The molecule has 0 saturated heterocycles. The van der Waals surface area contributed by atoms with Crippen LogP contribution in [-0.4, -0.2) is 64.1 Å². The highest BCUT2D eigenvalue weighted by atomic mass is 16.6. The van der Waals surface area contributed by atoms with Gasteiger partial charge in [0.05, 0.1) is 39.6 Å². The van der Waals surface area contributed by atoms with E-state index in [2.05, 4.69) is 13.8 Å². The van der Waals surface area contributed by atoms with Crippen LogP contribution >= 0.6 is 0 Å². The van der Waals surface area contributed by atoms with Gasteiger partial charge < -0.3 is 24.1 Å². The third-order valence-corrected chi connectivity index (χ3v) is 5.92. The van der Waals surface area contributed by atoms with Crippen LogP contribution in [0.5, 0.6) is 0 Å². The number of aliphatic hydroxyl groups excluding tert-OH is 1. The maximum atomic E-state index is 8.69. The van der Waals surface area contributed by atoms with Gasteiger partial charge >= 0.3 is 0 Å². The van der Waals surface area contributed by atoms with Crippen molar-refractivity contribution in [1.29, 1.82) is 0 Å². The highest BCUT2D eigenvalue weighted by molar-refractivity contribution is 4.56. The molecule has 0 aliphatic heterocycles. The molecule has 0 fully saturated rings. The third kappa shape index (κ3) is 27.9. The number of hydrogen-bond acceptors (Lipinski definition) is 5. The van der Waals surface area contributed by atoms with Crippen molar-refractivity contribution in [2.75, 3.05) is 52.9 Å². The van der Waals surface area contributed by atoms with Crippen LogP contribution in [0.15, 0.2) is 0 Å². The van der Waals surface area contributed by atoms with Crippen LogP contribution in [-0.2, 0) is 18.9 Å². The summed E-state index contributed by atoms with van der Waals surface area (Å²) < 4.78 is 22.5. The number of rotatable bonds is 29. The lowest BCUT2D eigenvalue weighted by molar-refractivity contribution is -0.0679. The Morgan fingerprint density at radius 3 is 1.39 bits per heavy atom. The molecule has 0 aromatic rings. The summed E-state index contributed by atoms with van der Waals surface area (Å²) in [6.45, 7) is 8.50. The van der Waals surface area contributed by atoms with Gasteiger partial charge in [-0.25, -0.2) is 0 Å². The first-order valence-electron chi connectivity index (χ1n) is 14.3. The summed E-state index contributed by atoms with van der Waals surface area (Å²) >= 11 is 0. The van der Waals surface area contributed by atoms with E-state index in [0.29, 0.717) is 33.0 Å². The molecule has 1 atom stereocenters. The van der Waals surface area contributed by atoms with Gasteiger partial charge in [-0.15, -0.1) is 0 Å². The Balaban J connectivity index is 3.36. The second-order valence-electron chi connectivity index (χ2n) is 9.28. The summed E-state index contributed by atoms with van der Waals surface area (Å²) in [5.41, 5.74) is 0. The molecule has 0 aliphatic rings. The van der Waals surface area contributed by atoms with Gasteiger partial charge in [-0.2, -0.15) is 0 Å². The lowest BCUT2D eigenvalue weighted by Gasteiger charge is -2.18. The standard InChI is InChI=1S/C28H58O5/c1-3-5-6-7-8-9-10-11-12-13-14-15-16-17-18-19-22-31-26-28(33-21-4-2)27-32-25-24-30-23-20-29/h28-29H,3-27H2,1-2H3. The monoisotopic (exact) mass is 474 g/mol. The topological polar surface area (TPSA) is 57.2 Å². The minimum absolute atomic E-state index is 0.0103. The first-order valence-corrected chi connectivity index (χ1v) is 14.3. The first-order chi connectivity index (χ1) is 16.3. The van der Waals surface area contributed by atoms with Crippen molar-refractivity contribution in [1.82, 2.24) is 0 Å². The van der Waals surface area contributed by atoms with Crippen LogP contribution in [0.2, 0.25) is 0 Å². The van der Waals surface area contributed by atoms with Crippen LogP contribution in [0.4, 0.5) is 0 Å². The van der Waals surface area contributed by atoms with Gasteiger partial charge in [-0.05, 0) is 12.8 Å². The van der Waals surface area contributed by atoms with E-state index in [9.17, 15) is 0 Å². The molecule has 0 rings (SSSR count). The molecule has 0 heterocycles. The van der Waals surface area contributed by atoms with E-state index in [0.717, 1.165) is 26.1 Å². The van der Waals surface area contributed by atoms with Crippen molar-refractivity contribution in [3.05, 3.63) is 0 Å². The van der Waals surface area contributed by atoms with Gasteiger partial charge in [0, 0.05) is 13.2 Å². The molecule has 0 aliphatic carbocycles. The highest BCUT2D eigenvalue weighted by Crippen LogP contribution is 2.13. The van der Waals surface area contributed by atoms with Crippen molar-refractivity contribution in [2.45, 2.75) is 129 Å². The summed E-state index contributed by atoms with van der Waals surface area (Å²) in [6.07, 6.45) is 23.2. The largest absolute Gasteiger partial charge is 0.394 e. The van der Waals surface area contributed by atoms with Gasteiger partial charge in [0.2, 0.25) is 0 Å². The molecule has 0 radical (unpaired) electrons. The summed E-state index contributed by atoms with van der Waals surface area (Å²) in [6, 6.07) is 0. The predicted molar refractivity (Wildman–Crippen MR) is 139 cm³/mol. The van der Waals surface area contributed by atoms with Crippen molar-refractivity contribution >= 4 is 0 Å². The number of unbranched alkanes of at least 4 members (excludes halogenated alkanes) is 15. The van der Waals surface area contributed by atoms with Crippen molar-refractivity contribution < 1.29 is 24.1 Å². The summed E-state index contributed by atoms with van der Waals surface area (Å²) in [7, 11) is 0. The molecular weight excluding hydrogens is 416 g/mol. The fourth-order valence-corrected chi connectivity index (χ4v) is 3.90. The molecule has 0 aromatic carbocycles. The normalized spacial score (nSPS) is 12.5. The second kappa shape index (κ2) is 29.8.